The van der Waals surface area contributed by atoms with E-state index < -0.39 is 0 Å². The Labute approximate surface area is 221 Å². The van der Waals surface area contributed by atoms with Crippen LogP contribution in [0.15, 0.2) is 24.8 Å². The SMILES string of the molecule is C=CC(=O)N1CC(NC(=O)c2c(C)nc(CNc3n[nH]c4cc(Cl)c(C(C)(C)C)cc34)n2C)C2(CC2)C1. The molecule has 10 heteroatoms. The Balaban J connectivity index is 1.32. The number of halogens is 1. The molecule has 1 aliphatic heterocycles. The van der Waals surface area contributed by atoms with E-state index in [0.717, 1.165) is 35.1 Å². The number of aromatic amines is 1. The number of hydrogen-bond acceptors (Lipinski definition) is 5. The largest absolute Gasteiger partial charge is 0.361 e. The molecule has 0 radical (unpaired) electrons. The molecule has 1 spiro atoms. The van der Waals surface area contributed by atoms with Crippen LogP contribution in [0, 0.1) is 12.3 Å². The number of aryl methyl sites for hydroxylation is 1. The second kappa shape index (κ2) is 8.90. The molecule has 1 saturated carbocycles. The Morgan fingerprint density at radius 2 is 2.05 bits per heavy atom. The molecule has 9 nitrogen and oxygen atoms in total. The minimum atomic E-state index is -0.169. The highest BCUT2D eigenvalue weighted by Gasteiger charge is 2.56. The first-order valence-corrected chi connectivity index (χ1v) is 13.0. The number of carbonyl (C=O) groups is 2. The van der Waals surface area contributed by atoms with Gasteiger partial charge < -0.3 is 20.1 Å². The smallest absolute Gasteiger partial charge is 0.270 e. The average molecular weight is 524 g/mol. The molecule has 3 heterocycles. The Hall–Kier alpha value is -3.33. The van der Waals surface area contributed by atoms with Crippen molar-refractivity contribution in [2.75, 3.05) is 18.4 Å². The van der Waals surface area contributed by atoms with Gasteiger partial charge in [0.15, 0.2) is 5.82 Å². The number of rotatable bonds is 6. The maximum absolute atomic E-state index is 13.3. The third-order valence-electron chi connectivity index (χ3n) is 7.78. The molecule has 37 heavy (non-hydrogen) atoms. The molecular formula is C27H34ClN7O2. The van der Waals surface area contributed by atoms with Crippen molar-refractivity contribution in [1.82, 2.24) is 30.0 Å². The van der Waals surface area contributed by atoms with Crippen LogP contribution >= 0.6 is 11.6 Å². The molecule has 1 saturated heterocycles. The van der Waals surface area contributed by atoms with Gasteiger partial charge in [0.05, 0.1) is 23.8 Å². The maximum atomic E-state index is 13.3. The van der Waals surface area contributed by atoms with Crippen molar-refractivity contribution in [3.8, 4) is 0 Å². The third-order valence-corrected chi connectivity index (χ3v) is 8.09. The maximum Gasteiger partial charge on any atom is 0.270 e. The van der Waals surface area contributed by atoms with Crippen LogP contribution in [0.5, 0.6) is 0 Å². The highest BCUT2D eigenvalue weighted by molar-refractivity contribution is 6.32. The molecule has 1 aromatic carbocycles. The van der Waals surface area contributed by atoms with Gasteiger partial charge in [0.2, 0.25) is 5.91 Å². The van der Waals surface area contributed by atoms with Gasteiger partial charge in [-0.05, 0) is 49.0 Å². The fourth-order valence-corrected chi connectivity index (χ4v) is 5.88. The molecule has 0 bridgehead atoms. The monoisotopic (exact) mass is 523 g/mol. The number of hydrogen-bond donors (Lipinski definition) is 3. The van der Waals surface area contributed by atoms with Gasteiger partial charge in [-0.1, -0.05) is 39.0 Å². The number of aromatic nitrogens is 4. The number of benzene rings is 1. The van der Waals surface area contributed by atoms with Crippen molar-refractivity contribution in [2.24, 2.45) is 12.5 Å². The van der Waals surface area contributed by atoms with E-state index in [2.05, 4.69) is 59.2 Å². The normalized spacial score (nSPS) is 18.4. The Morgan fingerprint density at radius 3 is 2.70 bits per heavy atom. The summed E-state index contributed by atoms with van der Waals surface area (Å²) in [6, 6.07) is 3.91. The summed E-state index contributed by atoms with van der Waals surface area (Å²) in [6.07, 6.45) is 3.36. The molecular weight excluding hydrogens is 490 g/mol. The molecule has 196 valence electrons. The summed E-state index contributed by atoms with van der Waals surface area (Å²) in [4.78, 5) is 31.9. The summed E-state index contributed by atoms with van der Waals surface area (Å²) in [6.45, 7) is 13.4. The van der Waals surface area contributed by atoms with Crippen LogP contribution in [0.25, 0.3) is 10.9 Å². The summed E-state index contributed by atoms with van der Waals surface area (Å²) < 4.78 is 1.82. The van der Waals surface area contributed by atoms with Gasteiger partial charge in [-0.2, -0.15) is 5.10 Å². The molecule has 2 fully saturated rings. The summed E-state index contributed by atoms with van der Waals surface area (Å²) in [5, 5.41) is 15.7. The number of fused-ring (bicyclic) bond motifs is 1. The standard InChI is InChI=1S/C27H34ClN7O2/c1-7-22(36)35-13-20(27(14-35)8-9-27)31-25(37)23-15(2)30-21(34(23)6)12-29-24-16-10-17(26(3,4)5)18(28)11-19(16)32-33-24/h7,10-11,20H,1,8-9,12-14H2,2-6H3,(H,31,37)(H2,29,32,33). The lowest BCUT2D eigenvalue weighted by atomic mass is 9.86. The van der Waals surface area contributed by atoms with Crippen molar-refractivity contribution in [2.45, 2.75) is 58.5 Å². The average Bonchev–Trinajstić information content (AvgIpc) is 3.24. The molecule has 1 atom stereocenters. The summed E-state index contributed by atoms with van der Waals surface area (Å²) >= 11 is 6.51. The van der Waals surface area contributed by atoms with Gasteiger partial charge in [-0.15, -0.1) is 0 Å². The molecule has 5 rings (SSSR count). The van der Waals surface area contributed by atoms with E-state index in [0.29, 0.717) is 41.9 Å². The van der Waals surface area contributed by atoms with Crippen LogP contribution in [0.1, 0.15) is 61.2 Å². The van der Waals surface area contributed by atoms with Crippen LogP contribution in [0.2, 0.25) is 5.02 Å². The van der Waals surface area contributed by atoms with E-state index >= 15 is 0 Å². The van der Waals surface area contributed by atoms with E-state index in [1.165, 1.54) is 6.08 Å². The highest BCUT2D eigenvalue weighted by atomic mass is 35.5. The van der Waals surface area contributed by atoms with E-state index in [1.807, 2.05) is 24.6 Å². The highest BCUT2D eigenvalue weighted by Crippen LogP contribution is 2.52. The van der Waals surface area contributed by atoms with Crippen LogP contribution < -0.4 is 10.6 Å². The zero-order valence-electron chi connectivity index (χ0n) is 22.0. The first kappa shape index (κ1) is 25.3. The molecule has 1 aliphatic carbocycles. The van der Waals surface area contributed by atoms with Crippen LogP contribution in [-0.4, -0.2) is 55.6 Å². The molecule has 1 unspecified atom stereocenters. The lowest BCUT2D eigenvalue weighted by molar-refractivity contribution is -0.125. The summed E-state index contributed by atoms with van der Waals surface area (Å²) in [7, 11) is 1.85. The molecule has 2 amide bonds. The fourth-order valence-electron chi connectivity index (χ4n) is 5.44. The van der Waals surface area contributed by atoms with Gasteiger partial charge in [-0.25, -0.2) is 4.98 Å². The Morgan fingerprint density at radius 1 is 1.32 bits per heavy atom. The van der Waals surface area contributed by atoms with E-state index in [1.54, 1.807) is 4.90 Å². The van der Waals surface area contributed by atoms with Crippen molar-refractivity contribution >= 4 is 40.1 Å². The number of H-pyrrole nitrogens is 1. The topological polar surface area (TPSA) is 108 Å². The lowest BCUT2D eigenvalue weighted by Crippen LogP contribution is -2.42. The minimum Gasteiger partial charge on any atom is -0.361 e. The third kappa shape index (κ3) is 4.50. The van der Waals surface area contributed by atoms with Gasteiger partial charge in [0.1, 0.15) is 11.5 Å². The zero-order valence-corrected chi connectivity index (χ0v) is 22.8. The van der Waals surface area contributed by atoms with Gasteiger partial charge >= 0.3 is 0 Å². The number of likely N-dealkylation sites (tertiary alicyclic amines) is 1. The number of anilines is 1. The second-order valence-corrected chi connectivity index (χ2v) is 11.8. The fraction of sp³-hybridized carbons (Fsp3) is 0.481. The lowest BCUT2D eigenvalue weighted by Gasteiger charge is -2.20. The Bertz CT molecular complexity index is 1410. The molecule has 2 aromatic heterocycles. The predicted molar refractivity (Wildman–Crippen MR) is 145 cm³/mol. The predicted octanol–water partition coefficient (Wildman–Crippen LogP) is 4.07. The first-order valence-electron chi connectivity index (χ1n) is 12.6. The van der Waals surface area contributed by atoms with Crippen molar-refractivity contribution in [3.63, 3.8) is 0 Å². The minimum absolute atomic E-state index is 0.0129. The van der Waals surface area contributed by atoms with Gasteiger partial charge in [-0.3, -0.25) is 14.7 Å². The summed E-state index contributed by atoms with van der Waals surface area (Å²) in [5.74, 6) is 1.17. The van der Waals surface area contributed by atoms with Crippen LogP contribution in [0.3, 0.4) is 0 Å². The van der Waals surface area contributed by atoms with Crippen molar-refractivity contribution < 1.29 is 9.59 Å². The quantitative estimate of drug-likeness (QED) is 0.422. The second-order valence-electron chi connectivity index (χ2n) is 11.4. The van der Waals surface area contributed by atoms with E-state index in [9.17, 15) is 9.59 Å². The number of nitrogens with zero attached hydrogens (tertiary/aromatic N) is 4. The number of nitrogens with one attached hydrogen (secondary N) is 3. The Kier molecular flexibility index (Phi) is 6.09. The zero-order chi connectivity index (χ0) is 26.7. The molecule has 2 aliphatic rings. The van der Waals surface area contributed by atoms with E-state index in [-0.39, 0.29) is 28.7 Å². The first-order chi connectivity index (χ1) is 17.4. The van der Waals surface area contributed by atoms with Crippen molar-refractivity contribution in [1.29, 1.82) is 0 Å². The van der Waals surface area contributed by atoms with Gasteiger partial charge in [0, 0.05) is 36.0 Å². The van der Waals surface area contributed by atoms with Crippen molar-refractivity contribution in [3.05, 3.63) is 52.6 Å². The summed E-state index contributed by atoms with van der Waals surface area (Å²) in [5.41, 5.74) is 2.97. The van der Waals surface area contributed by atoms with Crippen LogP contribution in [0.4, 0.5) is 5.82 Å². The van der Waals surface area contributed by atoms with Gasteiger partial charge in [0.25, 0.3) is 5.91 Å². The number of imidazole rings is 1. The van der Waals surface area contributed by atoms with Crippen LogP contribution in [-0.2, 0) is 23.8 Å². The number of carbonyl (C=O) groups excluding carboxylic acids is 2. The molecule has 3 aromatic rings. The van der Waals surface area contributed by atoms with E-state index in [4.69, 9.17) is 11.6 Å². The molecule has 3 N–H and O–H groups in total. The number of amides is 2.